The molecule has 0 fully saturated rings. The summed E-state index contributed by atoms with van der Waals surface area (Å²) in [5, 5.41) is 5.20. The van der Waals surface area contributed by atoms with E-state index in [-0.39, 0.29) is 11.6 Å². The van der Waals surface area contributed by atoms with Crippen LogP contribution in [0.25, 0.3) is 11.1 Å². The van der Waals surface area contributed by atoms with Gasteiger partial charge in [-0.3, -0.25) is 0 Å². The number of alkyl halides is 3. The van der Waals surface area contributed by atoms with Gasteiger partial charge in [0.1, 0.15) is 0 Å². The minimum Gasteiger partial charge on any atom is -0.334 e. The highest BCUT2D eigenvalue weighted by molar-refractivity contribution is 5.92. The molecule has 0 unspecified atom stereocenters. The monoisotopic (exact) mass is 292 g/mol. The Bertz CT molecular complexity index is 710. The molecule has 0 saturated heterocycles. The van der Waals surface area contributed by atoms with Crippen LogP contribution < -0.4 is 10.6 Å². The quantitative estimate of drug-likeness (QED) is 0.819. The highest BCUT2D eigenvalue weighted by Crippen LogP contribution is 2.38. The normalized spacial score (nSPS) is 14.1. The number of hydrogen-bond donors (Lipinski definition) is 2. The molecule has 1 aliphatic heterocycles. The molecule has 3 rings (SSSR count). The first-order valence-corrected chi connectivity index (χ1v) is 6.29. The fourth-order valence-electron chi connectivity index (χ4n) is 2.35. The molecule has 1 heterocycles. The molecule has 21 heavy (non-hydrogen) atoms. The number of halogens is 3. The van der Waals surface area contributed by atoms with Gasteiger partial charge in [-0.1, -0.05) is 24.3 Å². The molecule has 0 spiro atoms. The summed E-state index contributed by atoms with van der Waals surface area (Å²) in [4.78, 5) is 11.2. The van der Waals surface area contributed by atoms with Crippen LogP contribution in [-0.4, -0.2) is 6.03 Å². The van der Waals surface area contributed by atoms with Crippen molar-refractivity contribution in [2.24, 2.45) is 0 Å². The van der Waals surface area contributed by atoms with E-state index in [2.05, 4.69) is 10.6 Å². The summed E-state index contributed by atoms with van der Waals surface area (Å²) >= 11 is 0. The highest BCUT2D eigenvalue weighted by Gasteiger charge is 2.33. The van der Waals surface area contributed by atoms with Crippen molar-refractivity contribution >= 4 is 11.7 Å². The van der Waals surface area contributed by atoms with Gasteiger partial charge in [0, 0.05) is 12.2 Å². The van der Waals surface area contributed by atoms with Gasteiger partial charge in [-0.15, -0.1) is 0 Å². The number of carbonyl (C=O) groups excluding carboxylic acids is 1. The number of fused-ring (bicyclic) bond motifs is 1. The molecule has 2 N–H and O–H groups in total. The predicted octanol–water partition coefficient (Wildman–Crippen LogP) is 4.01. The van der Waals surface area contributed by atoms with Crippen LogP contribution in [-0.2, 0) is 12.7 Å². The van der Waals surface area contributed by atoms with Crippen LogP contribution in [0, 0.1) is 0 Å². The minimum atomic E-state index is -4.40. The maximum absolute atomic E-state index is 13.1. The van der Waals surface area contributed by atoms with Gasteiger partial charge in [0.05, 0.1) is 5.56 Å². The Hall–Kier alpha value is -2.50. The van der Waals surface area contributed by atoms with E-state index in [1.54, 1.807) is 24.3 Å². The van der Waals surface area contributed by atoms with E-state index >= 15 is 0 Å². The zero-order valence-corrected chi connectivity index (χ0v) is 10.8. The molecular formula is C15H11F3N2O. The van der Waals surface area contributed by atoms with Gasteiger partial charge in [0.25, 0.3) is 0 Å². The third-order valence-corrected chi connectivity index (χ3v) is 3.34. The lowest BCUT2D eigenvalue weighted by Gasteiger charge is -2.20. The smallest absolute Gasteiger partial charge is 0.334 e. The minimum absolute atomic E-state index is 0.129. The molecule has 2 amide bonds. The van der Waals surface area contributed by atoms with Crippen LogP contribution in [0.2, 0.25) is 0 Å². The maximum atomic E-state index is 13.1. The predicted molar refractivity (Wildman–Crippen MR) is 72.7 cm³/mol. The third kappa shape index (κ3) is 2.56. The lowest BCUT2D eigenvalue weighted by Crippen LogP contribution is -2.33. The standard InChI is InChI=1S/C15H11F3N2O/c16-15(17,18)12-4-2-1-3-11(12)9-5-6-13-10(7-9)8-19-14(21)20-13/h1-7H,8H2,(H2,19,20,21). The number of benzene rings is 2. The van der Waals surface area contributed by atoms with Gasteiger partial charge in [-0.2, -0.15) is 13.2 Å². The van der Waals surface area contributed by atoms with E-state index in [1.807, 2.05) is 0 Å². The largest absolute Gasteiger partial charge is 0.417 e. The SMILES string of the molecule is O=C1NCc2cc(-c3ccccc3C(F)(F)F)ccc2N1. The topological polar surface area (TPSA) is 41.1 Å². The van der Waals surface area contributed by atoms with Gasteiger partial charge in [-0.25, -0.2) is 4.79 Å². The number of hydrogen-bond acceptors (Lipinski definition) is 1. The molecule has 1 aliphatic rings. The molecule has 0 atom stereocenters. The first-order valence-electron chi connectivity index (χ1n) is 6.29. The lowest BCUT2D eigenvalue weighted by molar-refractivity contribution is -0.137. The summed E-state index contributed by atoms with van der Waals surface area (Å²) in [6.07, 6.45) is -4.40. The Balaban J connectivity index is 2.08. The zero-order valence-electron chi connectivity index (χ0n) is 10.8. The lowest BCUT2D eigenvalue weighted by atomic mass is 9.96. The van der Waals surface area contributed by atoms with Gasteiger partial charge in [0.2, 0.25) is 0 Å². The summed E-state index contributed by atoms with van der Waals surface area (Å²) < 4.78 is 39.2. The van der Waals surface area contributed by atoms with Crippen LogP contribution in [0.1, 0.15) is 11.1 Å². The zero-order chi connectivity index (χ0) is 15.0. The molecular weight excluding hydrogens is 281 g/mol. The van der Waals surface area contributed by atoms with Crippen molar-refractivity contribution in [1.82, 2.24) is 5.32 Å². The average molecular weight is 292 g/mol. The van der Waals surface area contributed by atoms with Crippen LogP contribution in [0.5, 0.6) is 0 Å². The van der Waals surface area contributed by atoms with Crippen LogP contribution in [0.4, 0.5) is 23.7 Å². The van der Waals surface area contributed by atoms with Gasteiger partial charge < -0.3 is 10.6 Å². The summed E-state index contributed by atoms with van der Waals surface area (Å²) in [5.41, 5.74) is 1.30. The number of nitrogens with one attached hydrogen (secondary N) is 2. The number of urea groups is 1. The highest BCUT2D eigenvalue weighted by atomic mass is 19.4. The number of amides is 2. The molecule has 2 aromatic rings. The van der Waals surface area contributed by atoms with E-state index in [0.717, 1.165) is 11.6 Å². The van der Waals surface area contributed by atoms with Gasteiger partial charge in [-0.05, 0) is 34.9 Å². The van der Waals surface area contributed by atoms with Crippen molar-refractivity contribution in [3.63, 3.8) is 0 Å². The molecule has 0 radical (unpaired) electrons. The van der Waals surface area contributed by atoms with Gasteiger partial charge in [0.15, 0.2) is 0 Å². The first-order chi connectivity index (χ1) is 9.95. The molecule has 2 aromatic carbocycles. The Kier molecular flexibility index (Phi) is 3.08. The molecule has 3 nitrogen and oxygen atoms in total. The number of rotatable bonds is 1. The molecule has 0 aromatic heterocycles. The van der Waals surface area contributed by atoms with Crippen molar-refractivity contribution in [1.29, 1.82) is 0 Å². The van der Waals surface area contributed by atoms with E-state index in [4.69, 9.17) is 0 Å². The van der Waals surface area contributed by atoms with Crippen molar-refractivity contribution in [2.45, 2.75) is 12.7 Å². The van der Waals surface area contributed by atoms with Crippen LogP contribution in [0.15, 0.2) is 42.5 Å². The van der Waals surface area contributed by atoms with E-state index in [0.29, 0.717) is 17.8 Å². The molecule has 108 valence electrons. The fraction of sp³-hybridized carbons (Fsp3) is 0.133. The van der Waals surface area contributed by atoms with Gasteiger partial charge >= 0.3 is 12.2 Å². The molecule has 6 heteroatoms. The fourth-order valence-corrected chi connectivity index (χ4v) is 2.35. The van der Waals surface area contributed by atoms with Crippen molar-refractivity contribution in [2.75, 3.05) is 5.32 Å². The van der Waals surface area contributed by atoms with E-state index in [1.165, 1.54) is 12.1 Å². The van der Waals surface area contributed by atoms with Crippen LogP contribution in [0.3, 0.4) is 0 Å². The average Bonchev–Trinajstić information content (AvgIpc) is 2.46. The second-order valence-corrected chi connectivity index (χ2v) is 4.72. The van der Waals surface area contributed by atoms with Crippen LogP contribution >= 0.6 is 0 Å². The maximum Gasteiger partial charge on any atom is 0.417 e. The molecule has 0 aliphatic carbocycles. The van der Waals surface area contributed by atoms with Crippen molar-refractivity contribution in [3.05, 3.63) is 53.6 Å². The molecule has 0 saturated carbocycles. The summed E-state index contributed by atoms with van der Waals surface area (Å²) in [6, 6.07) is 9.99. The Morgan fingerprint density at radius 2 is 1.81 bits per heavy atom. The number of carbonyl (C=O) groups is 1. The van der Waals surface area contributed by atoms with Crippen molar-refractivity contribution < 1.29 is 18.0 Å². The van der Waals surface area contributed by atoms with E-state index < -0.39 is 11.7 Å². The Morgan fingerprint density at radius 3 is 2.57 bits per heavy atom. The Morgan fingerprint density at radius 1 is 1.05 bits per heavy atom. The summed E-state index contributed by atoms with van der Waals surface area (Å²) in [5.74, 6) is 0. The Labute approximate surface area is 118 Å². The van der Waals surface area contributed by atoms with Crippen molar-refractivity contribution in [3.8, 4) is 11.1 Å². The molecule has 0 bridgehead atoms. The third-order valence-electron chi connectivity index (χ3n) is 3.34. The first kappa shape index (κ1) is 13.5. The number of anilines is 1. The second-order valence-electron chi connectivity index (χ2n) is 4.72. The summed E-state index contributed by atoms with van der Waals surface area (Å²) in [7, 11) is 0. The van der Waals surface area contributed by atoms with E-state index in [9.17, 15) is 18.0 Å². The summed E-state index contributed by atoms with van der Waals surface area (Å²) in [6.45, 7) is 0.295. The second kappa shape index (κ2) is 4.80.